The van der Waals surface area contributed by atoms with Crippen molar-refractivity contribution in [1.29, 1.82) is 0 Å². The Hall–Kier alpha value is -3.59. The summed E-state index contributed by atoms with van der Waals surface area (Å²) < 4.78 is 7.26. The molecule has 2 amide bonds. The monoisotopic (exact) mass is 479 g/mol. The van der Waals surface area contributed by atoms with E-state index in [1.54, 1.807) is 30.3 Å². The van der Waals surface area contributed by atoms with Crippen molar-refractivity contribution >= 4 is 29.3 Å². The van der Waals surface area contributed by atoms with Crippen LogP contribution >= 0.6 is 11.8 Å². The predicted octanol–water partition coefficient (Wildman–Crippen LogP) is 4.39. The number of ether oxygens (including phenoxy) is 1. The summed E-state index contributed by atoms with van der Waals surface area (Å²) in [4.78, 5) is 25.0. The molecular weight excluding hydrogens is 450 g/mol. The molecule has 0 spiro atoms. The topological polar surface area (TPSA) is 98.1 Å². The fraction of sp³-hybridized carbons (Fsp3) is 0.280. The van der Waals surface area contributed by atoms with Crippen LogP contribution in [0.5, 0.6) is 5.75 Å². The number of hydrogen-bond acceptors (Lipinski definition) is 6. The van der Waals surface area contributed by atoms with E-state index in [1.165, 1.54) is 11.8 Å². The molecule has 0 saturated carbocycles. The first-order valence-electron chi connectivity index (χ1n) is 11.0. The summed E-state index contributed by atoms with van der Waals surface area (Å²) in [7, 11) is 0. The maximum absolute atomic E-state index is 12.6. The minimum atomic E-state index is -0.381. The second-order valence-corrected chi connectivity index (χ2v) is 8.54. The van der Waals surface area contributed by atoms with E-state index in [2.05, 4.69) is 27.4 Å². The number of rotatable bonds is 11. The zero-order valence-electron chi connectivity index (χ0n) is 19.6. The number of aromatic nitrogens is 3. The third-order valence-corrected chi connectivity index (χ3v) is 5.85. The number of nitrogens with one attached hydrogen (secondary N) is 2. The van der Waals surface area contributed by atoms with Gasteiger partial charge in [-0.25, -0.2) is 0 Å². The molecule has 2 aromatic carbocycles. The summed E-state index contributed by atoms with van der Waals surface area (Å²) in [6.45, 7) is 10.6. The molecule has 0 radical (unpaired) electrons. The van der Waals surface area contributed by atoms with Gasteiger partial charge in [-0.3, -0.25) is 9.59 Å². The fourth-order valence-corrected chi connectivity index (χ4v) is 3.96. The number of carbonyl (C=O) groups is 2. The highest BCUT2D eigenvalue weighted by atomic mass is 32.2. The lowest BCUT2D eigenvalue weighted by Crippen LogP contribution is -2.28. The zero-order valence-corrected chi connectivity index (χ0v) is 20.4. The Balaban J connectivity index is 1.62. The van der Waals surface area contributed by atoms with Gasteiger partial charge in [0, 0.05) is 17.8 Å². The minimum absolute atomic E-state index is 0.159. The molecule has 0 aliphatic rings. The van der Waals surface area contributed by atoms with Gasteiger partial charge in [-0.05, 0) is 57.2 Å². The number of carbonyl (C=O) groups excluding carboxylic acids is 2. The lowest BCUT2D eigenvalue weighted by atomic mass is 10.1. The third kappa shape index (κ3) is 6.71. The number of thioether (sulfide) groups is 1. The van der Waals surface area contributed by atoms with Gasteiger partial charge in [-0.1, -0.05) is 35.5 Å². The number of amides is 2. The van der Waals surface area contributed by atoms with E-state index >= 15 is 0 Å². The summed E-state index contributed by atoms with van der Waals surface area (Å²) >= 11 is 1.27. The molecule has 0 aliphatic heterocycles. The minimum Gasteiger partial charge on any atom is -0.494 e. The highest BCUT2D eigenvalue weighted by molar-refractivity contribution is 7.99. The van der Waals surface area contributed by atoms with Gasteiger partial charge in [0.2, 0.25) is 5.91 Å². The molecule has 8 nitrogen and oxygen atoms in total. The summed E-state index contributed by atoms with van der Waals surface area (Å²) in [5.74, 6) is 1.15. The molecule has 0 bridgehead atoms. The highest BCUT2D eigenvalue weighted by Gasteiger charge is 2.20. The second-order valence-electron chi connectivity index (χ2n) is 7.60. The van der Waals surface area contributed by atoms with Crippen LogP contribution in [0, 0.1) is 6.92 Å². The van der Waals surface area contributed by atoms with Gasteiger partial charge in [0.15, 0.2) is 11.0 Å². The first-order valence-corrected chi connectivity index (χ1v) is 12.0. The molecule has 1 heterocycles. The number of hydrogen-bond donors (Lipinski definition) is 2. The summed E-state index contributed by atoms with van der Waals surface area (Å²) in [6.07, 6.45) is 1.73. The molecule has 0 fully saturated rings. The predicted molar refractivity (Wildman–Crippen MR) is 134 cm³/mol. The number of nitrogens with zero attached hydrogens (tertiary/aromatic N) is 3. The average molecular weight is 480 g/mol. The Morgan fingerprint density at radius 2 is 1.85 bits per heavy atom. The molecule has 178 valence electrons. The number of allylic oxidation sites excluding steroid dienone is 1. The quantitative estimate of drug-likeness (QED) is 0.313. The molecule has 2 N–H and O–H groups in total. The maximum Gasteiger partial charge on any atom is 0.251 e. The first-order chi connectivity index (χ1) is 16.4. The summed E-state index contributed by atoms with van der Waals surface area (Å²) in [5.41, 5.74) is 2.35. The van der Waals surface area contributed by atoms with Crippen molar-refractivity contribution < 1.29 is 14.3 Å². The highest BCUT2D eigenvalue weighted by Crippen LogP contribution is 2.22. The van der Waals surface area contributed by atoms with Crippen molar-refractivity contribution in [2.75, 3.05) is 17.7 Å². The van der Waals surface area contributed by atoms with Crippen molar-refractivity contribution in [3.05, 3.63) is 78.1 Å². The lowest BCUT2D eigenvalue weighted by molar-refractivity contribution is -0.113. The van der Waals surface area contributed by atoms with Crippen LogP contribution in [0.2, 0.25) is 0 Å². The van der Waals surface area contributed by atoms with Gasteiger partial charge in [-0.2, -0.15) is 0 Å². The van der Waals surface area contributed by atoms with E-state index in [-0.39, 0.29) is 23.6 Å². The van der Waals surface area contributed by atoms with Crippen LogP contribution in [0.3, 0.4) is 0 Å². The van der Waals surface area contributed by atoms with Crippen LogP contribution in [0.25, 0.3) is 0 Å². The van der Waals surface area contributed by atoms with E-state index in [1.807, 2.05) is 49.6 Å². The van der Waals surface area contributed by atoms with Crippen molar-refractivity contribution in [3.8, 4) is 5.75 Å². The Labute approximate surface area is 203 Å². The second kappa shape index (κ2) is 12.0. The SMILES string of the molecule is C=CCn1c(SCC(=O)Nc2ccc(OCC)cc2)nnc1[C@H](C)NC(=O)c1ccc(C)cc1. The molecular formula is C25H29N5O3S. The van der Waals surface area contributed by atoms with Crippen LogP contribution in [0.4, 0.5) is 5.69 Å². The van der Waals surface area contributed by atoms with Crippen molar-refractivity contribution in [2.45, 2.75) is 38.5 Å². The maximum atomic E-state index is 12.6. The van der Waals surface area contributed by atoms with Gasteiger partial charge >= 0.3 is 0 Å². The zero-order chi connectivity index (χ0) is 24.5. The lowest BCUT2D eigenvalue weighted by Gasteiger charge is -2.15. The van der Waals surface area contributed by atoms with Crippen LogP contribution in [0.15, 0.2) is 66.3 Å². The Morgan fingerprint density at radius 1 is 1.15 bits per heavy atom. The van der Waals surface area contributed by atoms with Gasteiger partial charge in [0.1, 0.15) is 5.75 Å². The molecule has 34 heavy (non-hydrogen) atoms. The van der Waals surface area contributed by atoms with E-state index < -0.39 is 0 Å². The van der Waals surface area contributed by atoms with Gasteiger partial charge < -0.3 is 19.9 Å². The third-order valence-electron chi connectivity index (χ3n) is 4.89. The molecule has 0 saturated heterocycles. The number of aryl methyl sites for hydroxylation is 1. The largest absolute Gasteiger partial charge is 0.494 e. The smallest absolute Gasteiger partial charge is 0.251 e. The number of anilines is 1. The van der Waals surface area contributed by atoms with Crippen molar-refractivity contribution in [3.63, 3.8) is 0 Å². The molecule has 0 aliphatic carbocycles. The van der Waals surface area contributed by atoms with Crippen LogP contribution in [-0.2, 0) is 11.3 Å². The van der Waals surface area contributed by atoms with Gasteiger partial charge in [0.05, 0.1) is 18.4 Å². The van der Waals surface area contributed by atoms with E-state index in [4.69, 9.17) is 4.74 Å². The van der Waals surface area contributed by atoms with E-state index in [0.717, 1.165) is 11.3 Å². The summed E-state index contributed by atoms with van der Waals surface area (Å²) in [5, 5.41) is 14.9. The van der Waals surface area contributed by atoms with Gasteiger partial charge in [-0.15, -0.1) is 16.8 Å². The number of benzene rings is 2. The molecule has 3 aromatic rings. The van der Waals surface area contributed by atoms with Gasteiger partial charge in [0.25, 0.3) is 5.91 Å². The molecule has 1 aromatic heterocycles. The van der Waals surface area contributed by atoms with E-state index in [0.29, 0.717) is 35.4 Å². The average Bonchev–Trinajstić information content (AvgIpc) is 3.22. The van der Waals surface area contributed by atoms with E-state index in [9.17, 15) is 9.59 Å². The Bertz CT molecular complexity index is 1130. The molecule has 0 unspecified atom stereocenters. The standard InChI is InChI=1S/C25H29N5O3S/c1-5-15-30-23(18(4)26-24(32)19-9-7-17(3)8-10-19)28-29-25(30)34-16-22(31)27-20-11-13-21(14-12-20)33-6-2/h5,7-14,18H,1,6,15-16H2,2-4H3,(H,26,32)(H,27,31)/t18-/m0/s1. The van der Waals surface area contributed by atoms with Crippen molar-refractivity contribution in [2.24, 2.45) is 0 Å². The Morgan fingerprint density at radius 3 is 2.50 bits per heavy atom. The normalized spacial score (nSPS) is 11.5. The molecule has 9 heteroatoms. The fourth-order valence-electron chi connectivity index (χ4n) is 3.21. The molecule has 1 atom stereocenters. The van der Waals surface area contributed by atoms with Crippen LogP contribution in [-0.4, -0.2) is 38.9 Å². The van der Waals surface area contributed by atoms with Crippen LogP contribution in [0.1, 0.15) is 41.6 Å². The summed E-state index contributed by atoms with van der Waals surface area (Å²) in [6, 6.07) is 14.2. The Kier molecular flexibility index (Phi) is 8.86. The first kappa shape index (κ1) is 25.0. The molecule has 3 rings (SSSR count). The van der Waals surface area contributed by atoms with Crippen molar-refractivity contribution in [1.82, 2.24) is 20.1 Å². The van der Waals surface area contributed by atoms with Crippen LogP contribution < -0.4 is 15.4 Å².